The van der Waals surface area contributed by atoms with Gasteiger partial charge in [0.05, 0.1) is 33.5 Å². The van der Waals surface area contributed by atoms with Crippen molar-refractivity contribution in [3.05, 3.63) is 119 Å². The van der Waals surface area contributed by atoms with Crippen LogP contribution < -0.4 is 0 Å². The zero-order chi connectivity index (χ0) is 46.1. The highest BCUT2D eigenvalue weighted by Crippen LogP contribution is 2.48. The number of aromatic amines is 1. The number of nitrogens with zero attached hydrogens (tertiary/aromatic N) is 9. The summed E-state index contributed by atoms with van der Waals surface area (Å²) in [4.78, 5) is 57.5. The van der Waals surface area contributed by atoms with Gasteiger partial charge in [-0.25, -0.2) is 39.3 Å². The van der Waals surface area contributed by atoms with Gasteiger partial charge in [0.15, 0.2) is 11.4 Å². The Morgan fingerprint density at radius 1 is 0.742 bits per heavy atom. The minimum atomic E-state index is -1.32. The zero-order valence-electron chi connectivity index (χ0n) is 38.2. The molecular formula is C50H52N10O6. The van der Waals surface area contributed by atoms with Gasteiger partial charge in [-0.1, -0.05) is 23.2 Å². The van der Waals surface area contributed by atoms with Gasteiger partial charge in [0.25, 0.3) is 0 Å². The largest absolute Gasteiger partial charge is 0.443 e. The minimum absolute atomic E-state index is 0.0362. The molecule has 0 spiro atoms. The molecule has 16 heteroatoms. The Kier molecular flexibility index (Phi) is 10.7. The first-order chi connectivity index (χ1) is 31.7. The highest BCUT2D eigenvalue weighted by atomic mass is 16.6. The van der Waals surface area contributed by atoms with Gasteiger partial charge in [0.2, 0.25) is 11.6 Å². The van der Waals surface area contributed by atoms with Gasteiger partial charge in [-0.15, -0.1) is 0 Å². The number of carbonyl (C=O) groups excluding carboxylic acids is 2. The Labute approximate surface area is 380 Å². The SMILES string of the molecule is Cc1noc(C)c1-c1cc(C(=O)c2ncccn2)c2nc(C3CC3)n(C(=O)OC(C)(C)C)c2c1.Cc1noc(C)c1-c1cc(C(O)(c2ncccn2)C2CCCC2)c2nc(C3CC3)[nH]c2c1. The third-order valence-electron chi connectivity index (χ3n) is 12.8. The molecule has 11 rings (SSSR count). The number of aliphatic hydroxyl groups is 1. The fraction of sp³-hybridized carbons (Fsp3) is 0.400. The average molecular weight is 889 g/mol. The van der Waals surface area contributed by atoms with Crippen LogP contribution >= 0.6 is 0 Å². The maximum absolute atomic E-state index is 13.5. The molecule has 2 aromatic carbocycles. The van der Waals surface area contributed by atoms with Crippen molar-refractivity contribution in [1.82, 2.24) is 49.8 Å². The van der Waals surface area contributed by atoms with Gasteiger partial charge < -0.3 is 23.9 Å². The molecule has 6 aromatic heterocycles. The topological polar surface area (TPSA) is 214 Å². The summed E-state index contributed by atoms with van der Waals surface area (Å²) in [7, 11) is 0. The summed E-state index contributed by atoms with van der Waals surface area (Å²) in [6.07, 6.45) is 14.1. The Morgan fingerprint density at radius 3 is 1.89 bits per heavy atom. The number of aryl methyl sites for hydroxylation is 4. The number of ether oxygens (including phenoxy) is 1. The van der Waals surface area contributed by atoms with Crippen LogP contribution in [0.1, 0.15) is 146 Å². The fourth-order valence-corrected chi connectivity index (χ4v) is 9.44. The zero-order valence-corrected chi connectivity index (χ0v) is 38.2. The summed E-state index contributed by atoms with van der Waals surface area (Å²) < 4.78 is 18.1. The molecule has 0 radical (unpaired) electrons. The lowest BCUT2D eigenvalue weighted by Gasteiger charge is -2.33. The van der Waals surface area contributed by atoms with Crippen LogP contribution in [0.15, 0.2) is 70.2 Å². The number of H-pyrrole nitrogens is 1. The number of fused-ring (bicyclic) bond motifs is 2. The number of imidazole rings is 2. The highest BCUT2D eigenvalue weighted by molar-refractivity contribution is 6.15. The minimum Gasteiger partial charge on any atom is -0.443 e. The predicted molar refractivity (Wildman–Crippen MR) is 244 cm³/mol. The van der Waals surface area contributed by atoms with Crippen LogP contribution in [0.3, 0.4) is 0 Å². The summed E-state index contributed by atoms with van der Waals surface area (Å²) in [5.41, 5.74) is 6.59. The van der Waals surface area contributed by atoms with Crippen LogP contribution in [0, 0.1) is 33.6 Å². The van der Waals surface area contributed by atoms with E-state index in [1.54, 1.807) is 30.6 Å². The van der Waals surface area contributed by atoms with Crippen molar-refractivity contribution in [2.75, 3.05) is 0 Å². The molecule has 2 N–H and O–H groups in total. The molecule has 3 aliphatic carbocycles. The fourth-order valence-electron chi connectivity index (χ4n) is 9.44. The van der Waals surface area contributed by atoms with Crippen LogP contribution in [0.2, 0.25) is 0 Å². The molecule has 0 aliphatic heterocycles. The molecule has 3 saturated carbocycles. The number of rotatable bonds is 9. The monoisotopic (exact) mass is 888 g/mol. The van der Waals surface area contributed by atoms with E-state index in [0.717, 1.165) is 102 Å². The van der Waals surface area contributed by atoms with E-state index >= 15 is 0 Å². The molecule has 3 fully saturated rings. The van der Waals surface area contributed by atoms with E-state index in [0.29, 0.717) is 51.2 Å². The molecule has 3 aliphatic rings. The summed E-state index contributed by atoms with van der Waals surface area (Å²) in [5, 5.41) is 20.7. The molecule has 0 saturated heterocycles. The molecule has 1 unspecified atom stereocenters. The predicted octanol–water partition coefficient (Wildman–Crippen LogP) is 9.92. The number of nitrogens with one attached hydrogen (secondary N) is 1. The number of aromatic nitrogens is 10. The Balaban J connectivity index is 0.000000155. The van der Waals surface area contributed by atoms with Gasteiger partial charge >= 0.3 is 6.09 Å². The first-order valence-electron chi connectivity index (χ1n) is 22.7. The van der Waals surface area contributed by atoms with Gasteiger partial charge in [-0.3, -0.25) is 4.79 Å². The van der Waals surface area contributed by atoms with Crippen molar-refractivity contribution < 1.29 is 28.5 Å². The van der Waals surface area contributed by atoms with E-state index in [-0.39, 0.29) is 23.4 Å². The van der Waals surface area contributed by atoms with Gasteiger partial charge in [0.1, 0.15) is 34.3 Å². The van der Waals surface area contributed by atoms with Crippen LogP contribution in [0.4, 0.5) is 4.79 Å². The molecule has 16 nitrogen and oxygen atoms in total. The van der Waals surface area contributed by atoms with Gasteiger partial charge in [-0.05, 0) is 140 Å². The number of carbonyl (C=O) groups is 2. The van der Waals surface area contributed by atoms with E-state index in [1.807, 2.05) is 54.5 Å². The Morgan fingerprint density at radius 2 is 1.33 bits per heavy atom. The molecular weight excluding hydrogens is 837 g/mol. The Bertz CT molecular complexity index is 3090. The molecule has 1 atom stereocenters. The van der Waals surface area contributed by atoms with E-state index in [9.17, 15) is 14.7 Å². The molecule has 8 aromatic rings. The lowest BCUT2D eigenvalue weighted by molar-refractivity contribution is 0.0116. The lowest BCUT2D eigenvalue weighted by Crippen LogP contribution is -2.37. The third kappa shape index (κ3) is 7.86. The van der Waals surface area contributed by atoms with Crippen molar-refractivity contribution >= 4 is 33.9 Å². The highest BCUT2D eigenvalue weighted by Gasteiger charge is 2.46. The maximum atomic E-state index is 13.5. The van der Waals surface area contributed by atoms with Crippen molar-refractivity contribution in [2.24, 2.45) is 5.92 Å². The molecule has 338 valence electrons. The first kappa shape index (κ1) is 43.0. The maximum Gasteiger partial charge on any atom is 0.420 e. The second kappa shape index (κ2) is 16.5. The van der Waals surface area contributed by atoms with Gasteiger partial charge in [0, 0.05) is 53.3 Å². The van der Waals surface area contributed by atoms with Crippen LogP contribution in [-0.4, -0.2) is 72.4 Å². The Hall–Kier alpha value is -6.94. The number of benzene rings is 2. The number of hydrogen-bond acceptors (Lipinski definition) is 14. The van der Waals surface area contributed by atoms with Crippen LogP contribution in [0.5, 0.6) is 0 Å². The number of ketones is 1. The second-order valence-electron chi connectivity index (χ2n) is 18.9. The van der Waals surface area contributed by atoms with E-state index in [4.69, 9.17) is 23.8 Å². The summed E-state index contributed by atoms with van der Waals surface area (Å²) in [6, 6.07) is 11.2. The van der Waals surface area contributed by atoms with Crippen LogP contribution in [0.25, 0.3) is 44.3 Å². The van der Waals surface area contributed by atoms with E-state index in [2.05, 4.69) is 47.4 Å². The molecule has 0 amide bonds. The first-order valence-corrected chi connectivity index (χ1v) is 22.7. The van der Waals surface area contributed by atoms with E-state index < -0.39 is 17.3 Å². The quantitative estimate of drug-likeness (QED) is 0.129. The van der Waals surface area contributed by atoms with Crippen molar-refractivity contribution in [2.45, 2.75) is 123 Å². The molecule has 6 heterocycles. The normalized spacial score (nSPS) is 16.4. The lowest BCUT2D eigenvalue weighted by atomic mass is 9.77. The standard InChI is InChI=1S/C25H25N5O4.C25H27N5O2/c1-13-19(14(2)34-29-13)16-11-17(21(31)22-26-9-6-10-27-22)20-18(12-16)30(23(28-20)15-7-8-15)24(32)33-25(3,4)5;1-14-21(15(2)32-30-14)17-12-19(22-20(13-17)28-23(29-22)16-8-9-16)25(31,18-6-3-4-7-18)24-26-10-5-11-27-24/h6,9-12,15H,7-8H2,1-5H3;5,10-13,16,18,31H,3-4,6-9H2,1-2H3,(H,28,29). The van der Waals surface area contributed by atoms with Crippen molar-refractivity contribution in [3.63, 3.8) is 0 Å². The summed E-state index contributed by atoms with van der Waals surface area (Å²) in [5.74, 6) is 3.74. The average Bonchev–Trinajstić information content (AvgIpc) is 4.07. The van der Waals surface area contributed by atoms with Crippen LogP contribution in [-0.2, 0) is 10.3 Å². The van der Waals surface area contributed by atoms with Crippen molar-refractivity contribution in [1.29, 1.82) is 0 Å². The van der Waals surface area contributed by atoms with E-state index in [1.165, 1.54) is 17.0 Å². The third-order valence-corrected chi connectivity index (χ3v) is 12.8. The molecule has 66 heavy (non-hydrogen) atoms. The smallest absolute Gasteiger partial charge is 0.420 e. The van der Waals surface area contributed by atoms with Gasteiger partial charge in [-0.2, -0.15) is 0 Å². The van der Waals surface area contributed by atoms with Crippen molar-refractivity contribution in [3.8, 4) is 22.3 Å². The molecule has 0 bridgehead atoms. The summed E-state index contributed by atoms with van der Waals surface area (Å²) >= 11 is 0. The summed E-state index contributed by atoms with van der Waals surface area (Å²) in [6.45, 7) is 13.0. The second-order valence-corrected chi connectivity index (χ2v) is 18.9. The number of hydrogen-bond donors (Lipinski definition) is 2.